The van der Waals surface area contributed by atoms with E-state index in [0.717, 1.165) is 0 Å². The van der Waals surface area contributed by atoms with Gasteiger partial charge in [-0.2, -0.15) is 0 Å². The van der Waals surface area contributed by atoms with Crippen LogP contribution in [-0.4, -0.2) is 91.0 Å². The van der Waals surface area contributed by atoms with E-state index in [-0.39, 0.29) is 0 Å². The predicted octanol–water partition coefficient (Wildman–Crippen LogP) is -4.35. The van der Waals surface area contributed by atoms with E-state index in [4.69, 9.17) is 41.5 Å². The third kappa shape index (κ3) is 6.31. The van der Waals surface area contributed by atoms with Crippen molar-refractivity contribution in [1.29, 1.82) is 0 Å². The van der Waals surface area contributed by atoms with Crippen molar-refractivity contribution < 1.29 is 50.1 Å². The van der Waals surface area contributed by atoms with E-state index in [0.29, 0.717) is 0 Å². The molecule has 6 atom stereocenters. The van der Waals surface area contributed by atoms with E-state index >= 15 is 0 Å². The first-order chi connectivity index (χ1) is 9.61. The fourth-order valence-electron chi connectivity index (χ4n) is 1.36. The molecule has 1 rings (SSSR count). The summed E-state index contributed by atoms with van der Waals surface area (Å²) in [5.41, 5.74) is 4.84. The van der Waals surface area contributed by atoms with Gasteiger partial charge in [0.15, 0.2) is 6.29 Å². The first-order valence-corrected chi connectivity index (χ1v) is 5.80. The molecule has 0 radical (unpaired) electrons. The zero-order valence-electron chi connectivity index (χ0n) is 10.8. The molecule has 2 unspecified atom stereocenters. The van der Waals surface area contributed by atoms with E-state index in [1.165, 1.54) is 0 Å². The number of aliphatic hydroxyl groups excluding tert-OH is 5. The number of hydrogen-bond acceptors (Lipinski definition) is 9. The monoisotopic (exact) mass is 313 g/mol. The fraction of sp³-hybridized carbons (Fsp3) is 0.800. The maximum absolute atomic E-state index is 9.85. The van der Waals surface area contributed by atoms with Crippen LogP contribution < -0.4 is 5.73 Å². The van der Waals surface area contributed by atoms with Crippen LogP contribution in [0.1, 0.15) is 6.42 Å². The number of carboxylic acids is 2. The molecule has 1 fully saturated rings. The third-order valence-electron chi connectivity index (χ3n) is 2.58. The van der Waals surface area contributed by atoms with E-state index in [9.17, 15) is 9.59 Å². The summed E-state index contributed by atoms with van der Waals surface area (Å²) < 4.78 is 4.58. The van der Waals surface area contributed by atoms with Gasteiger partial charge in [0.2, 0.25) is 0 Å². The Balaban J connectivity index is 0.000000400. The maximum Gasteiger partial charge on any atom is 0.321 e. The lowest BCUT2D eigenvalue weighted by atomic mass is 10.00. The topological polar surface area (TPSA) is 211 Å². The standard InChI is InChI=1S/C6H12O6.C4H7NO4/c7-1-2-3(8)4(9)5(10)6(11)12-2;5-2(4(8)9)1-3(6)7/h2-11H,1H2;2H,1,5H2,(H,6,7)(H,8,9)/t2-,3-,4+,5-,6?;/m1./s1. The number of carboxylic acid groups (broad SMARTS) is 2. The van der Waals surface area contributed by atoms with Crippen LogP contribution in [0, 0.1) is 0 Å². The Bertz CT molecular complexity index is 346. The number of hydrogen-bond donors (Lipinski definition) is 8. The molecule has 0 bridgehead atoms. The normalized spacial score (nSPS) is 33.5. The zero-order chi connectivity index (χ0) is 16.7. The van der Waals surface area contributed by atoms with Gasteiger partial charge in [-0.05, 0) is 0 Å². The van der Waals surface area contributed by atoms with Crippen molar-refractivity contribution in [3.05, 3.63) is 0 Å². The van der Waals surface area contributed by atoms with Crippen molar-refractivity contribution in [2.24, 2.45) is 5.73 Å². The Hall–Kier alpha value is -1.34. The lowest BCUT2D eigenvalue weighted by Crippen LogP contribution is -2.58. The lowest BCUT2D eigenvalue weighted by molar-refractivity contribution is -0.286. The van der Waals surface area contributed by atoms with Crippen LogP contribution in [-0.2, 0) is 14.3 Å². The summed E-state index contributed by atoms with van der Waals surface area (Å²) in [5.74, 6) is -2.50. The highest BCUT2D eigenvalue weighted by Crippen LogP contribution is 2.18. The van der Waals surface area contributed by atoms with E-state index < -0.39 is 61.7 Å². The molecule has 11 heteroatoms. The first-order valence-electron chi connectivity index (χ1n) is 5.80. The molecule has 0 aliphatic carbocycles. The van der Waals surface area contributed by atoms with Gasteiger partial charge in [0, 0.05) is 0 Å². The van der Waals surface area contributed by atoms with Crippen LogP contribution in [0.25, 0.3) is 0 Å². The molecule has 124 valence electrons. The second-order valence-electron chi connectivity index (χ2n) is 4.26. The minimum absolute atomic E-state index is 0.526. The number of carbonyl (C=O) groups is 2. The molecular weight excluding hydrogens is 294 g/mol. The van der Waals surface area contributed by atoms with E-state index in [2.05, 4.69) is 4.74 Å². The summed E-state index contributed by atoms with van der Waals surface area (Å²) in [6.07, 6.45) is -7.57. The minimum atomic E-state index is -1.57. The van der Waals surface area contributed by atoms with Crippen molar-refractivity contribution in [3.8, 4) is 0 Å². The van der Waals surface area contributed by atoms with Crippen molar-refractivity contribution in [3.63, 3.8) is 0 Å². The zero-order valence-corrected chi connectivity index (χ0v) is 10.8. The second-order valence-corrected chi connectivity index (χ2v) is 4.26. The highest BCUT2D eigenvalue weighted by Gasteiger charge is 2.42. The SMILES string of the molecule is NC(CC(=O)O)C(=O)O.OC[C@H]1OC(O)[C@H](O)[C@@H](O)[C@@H]1O. The number of aliphatic hydroxyl groups is 5. The molecule has 11 nitrogen and oxygen atoms in total. The van der Waals surface area contributed by atoms with Gasteiger partial charge in [-0.1, -0.05) is 0 Å². The summed E-state index contributed by atoms with van der Waals surface area (Å²) in [6.45, 7) is -0.526. The molecular formula is C10H19NO10. The van der Waals surface area contributed by atoms with Crippen LogP contribution in [0.3, 0.4) is 0 Å². The highest BCUT2D eigenvalue weighted by atomic mass is 16.6. The van der Waals surface area contributed by atoms with Gasteiger partial charge in [0.05, 0.1) is 13.0 Å². The quantitative estimate of drug-likeness (QED) is 0.248. The van der Waals surface area contributed by atoms with Gasteiger partial charge in [0.1, 0.15) is 30.5 Å². The molecule has 0 aromatic heterocycles. The Morgan fingerprint density at radius 2 is 1.57 bits per heavy atom. The van der Waals surface area contributed by atoms with Crippen LogP contribution >= 0.6 is 0 Å². The predicted molar refractivity (Wildman–Crippen MR) is 63.9 cm³/mol. The van der Waals surface area contributed by atoms with Crippen LogP contribution in [0.5, 0.6) is 0 Å². The Kier molecular flexibility index (Phi) is 8.27. The molecule has 0 spiro atoms. The van der Waals surface area contributed by atoms with Gasteiger partial charge in [0.25, 0.3) is 0 Å². The summed E-state index contributed by atoms with van der Waals surface area (Å²) in [4.78, 5) is 19.6. The smallest absolute Gasteiger partial charge is 0.321 e. The number of ether oxygens (including phenoxy) is 1. The Morgan fingerprint density at radius 1 is 1.05 bits per heavy atom. The Labute approximate surface area is 118 Å². The van der Waals surface area contributed by atoms with Crippen molar-refractivity contribution in [2.75, 3.05) is 6.61 Å². The molecule has 0 saturated carbocycles. The summed E-state index contributed by atoms with van der Waals surface area (Å²) >= 11 is 0. The van der Waals surface area contributed by atoms with Gasteiger partial charge in [-0.15, -0.1) is 0 Å². The average Bonchev–Trinajstić information content (AvgIpc) is 2.40. The summed E-state index contributed by atoms with van der Waals surface area (Å²) in [6, 6.07) is -1.29. The van der Waals surface area contributed by atoms with Crippen LogP contribution in [0.4, 0.5) is 0 Å². The molecule has 9 N–H and O–H groups in total. The number of nitrogens with two attached hydrogens (primary N) is 1. The molecule has 0 aromatic carbocycles. The summed E-state index contributed by atoms with van der Waals surface area (Å²) in [5, 5.41) is 60.7. The Morgan fingerprint density at radius 3 is 1.90 bits per heavy atom. The number of aliphatic carboxylic acids is 2. The first kappa shape index (κ1) is 19.7. The fourth-order valence-corrected chi connectivity index (χ4v) is 1.36. The molecule has 1 saturated heterocycles. The van der Waals surface area contributed by atoms with Gasteiger partial charge in [-0.25, -0.2) is 0 Å². The van der Waals surface area contributed by atoms with Crippen molar-refractivity contribution in [2.45, 2.75) is 43.2 Å². The van der Waals surface area contributed by atoms with Gasteiger partial charge >= 0.3 is 11.9 Å². The van der Waals surface area contributed by atoms with E-state index in [1.807, 2.05) is 0 Å². The van der Waals surface area contributed by atoms with Crippen molar-refractivity contribution in [1.82, 2.24) is 0 Å². The molecule has 1 aliphatic heterocycles. The molecule has 21 heavy (non-hydrogen) atoms. The van der Waals surface area contributed by atoms with Gasteiger partial charge in [-0.3, -0.25) is 9.59 Å². The summed E-state index contributed by atoms with van der Waals surface area (Å²) in [7, 11) is 0. The average molecular weight is 313 g/mol. The molecule has 1 aliphatic rings. The van der Waals surface area contributed by atoms with Crippen molar-refractivity contribution >= 4 is 11.9 Å². The minimum Gasteiger partial charge on any atom is -0.481 e. The van der Waals surface area contributed by atoms with Gasteiger partial charge < -0.3 is 46.2 Å². The van der Waals surface area contributed by atoms with Crippen LogP contribution in [0.15, 0.2) is 0 Å². The largest absolute Gasteiger partial charge is 0.481 e. The molecule has 0 aromatic rings. The van der Waals surface area contributed by atoms with E-state index in [1.54, 1.807) is 0 Å². The number of rotatable bonds is 4. The second kappa shape index (κ2) is 8.84. The van der Waals surface area contributed by atoms with Crippen LogP contribution in [0.2, 0.25) is 0 Å². The molecule has 0 amide bonds. The maximum atomic E-state index is 9.85. The third-order valence-corrected chi connectivity index (χ3v) is 2.58. The highest BCUT2D eigenvalue weighted by molar-refractivity contribution is 5.80. The lowest BCUT2D eigenvalue weighted by Gasteiger charge is -2.37. The molecule has 1 heterocycles.